The Bertz CT molecular complexity index is 717. The molecule has 2 aromatic heterocycles. The molecule has 3 nitrogen and oxygen atoms in total. The van der Waals surface area contributed by atoms with Gasteiger partial charge in [0.2, 0.25) is 0 Å². The highest BCUT2D eigenvalue weighted by Crippen LogP contribution is 2.23. The van der Waals surface area contributed by atoms with Crippen LogP contribution in [0.3, 0.4) is 0 Å². The molecule has 21 heavy (non-hydrogen) atoms. The lowest BCUT2D eigenvalue weighted by atomic mass is 10.1. The number of aromatic nitrogens is 2. The summed E-state index contributed by atoms with van der Waals surface area (Å²) in [5, 5.41) is 0. The van der Waals surface area contributed by atoms with E-state index in [1.807, 2.05) is 54.5 Å². The summed E-state index contributed by atoms with van der Waals surface area (Å²) in [4.78, 5) is 4.56. The molecule has 0 spiro atoms. The molecule has 3 aromatic rings. The summed E-state index contributed by atoms with van der Waals surface area (Å²) < 4.78 is 7.18. The fourth-order valence-electron chi connectivity index (χ4n) is 2.19. The van der Waals surface area contributed by atoms with Gasteiger partial charge in [-0.1, -0.05) is 18.2 Å². The molecule has 0 unspecified atom stereocenters. The van der Waals surface area contributed by atoms with Crippen LogP contribution in [0.1, 0.15) is 0 Å². The Labute approximate surface area is 124 Å². The number of aryl methyl sites for hydroxylation is 1. The van der Waals surface area contributed by atoms with Crippen LogP contribution in [0.2, 0.25) is 0 Å². The summed E-state index contributed by atoms with van der Waals surface area (Å²) in [6.45, 7) is 0. The van der Waals surface area contributed by atoms with E-state index >= 15 is 0 Å². The number of benzene rings is 1. The average molecular weight is 277 g/mol. The molecule has 1 aromatic carbocycles. The van der Waals surface area contributed by atoms with Crippen molar-refractivity contribution in [3.8, 4) is 28.1 Å². The van der Waals surface area contributed by atoms with Gasteiger partial charge in [0.15, 0.2) is 12.4 Å². The first kappa shape index (κ1) is 13.3. The molecule has 0 N–H and O–H groups in total. The quantitative estimate of drug-likeness (QED) is 0.687. The lowest BCUT2D eigenvalue weighted by Crippen LogP contribution is -2.25. The Morgan fingerprint density at radius 2 is 1.48 bits per heavy atom. The first-order valence-electron chi connectivity index (χ1n) is 6.82. The topological polar surface area (TPSA) is 26.0 Å². The van der Waals surface area contributed by atoms with E-state index in [-0.39, 0.29) is 0 Å². The second kappa shape index (κ2) is 5.75. The van der Waals surface area contributed by atoms with E-state index in [9.17, 15) is 0 Å². The third kappa shape index (κ3) is 2.92. The molecule has 0 bridgehead atoms. The van der Waals surface area contributed by atoms with E-state index < -0.39 is 0 Å². The van der Waals surface area contributed by atoms with Crippen molar-refractivity contribution in [2.75, 3.05) is 7.11 Å². The standard InChI is InChI=1S/C18H17N2O/c1-20-11-9-15(10-12-20)18-8-5-16(13-19-18)14-3-6-17(21-2)7-4-14/h3-13H,1-2H3/q+1. The smallest absolute Gasteiger partial charge is 0.169 e. The van der Waals surface area contributed by atoms with E-state index in [1.165, 1.54) is 0 Å². The van der Waals surface area contributed by atoms with E-state index in [4.69, 9.17) is 4.74 Å². The van der Waals surface area contributed by atoms with E-state index in [0.29, 0.717) is 0 Å². The van der Waals surface area contributed by atoms with Gasteiger partial charge >= 0.3 is 0 Å². The third-order valence-electron chi connectivity index (χ3n) is 3.46. The van der Waals surface area contributed by atoms with Crippen molar-refractivity contribution in [2.45, 2.75) is 0 Å². The number of hydrogen-bond donors (Lipinski definition) is 0. The number of pyridine rings is 2. The van der Waals surface area contributed by atoms with Crippen molar-refractivity contribution in [3.05, 3.63) is 67.1 Å². The maximum atomic E-state index is 5.17. The Balaban J connectivity index is 1.87. The first-order chi connectivity index (χ1) is 10.3. The fraction of sp³-hybridized carbons (Fsp3) is 0.111. The van der Waals surface area contributed by atoms with Crippen LogP contribution >= 0.6 is 0 Å². The molecule has 0 radical (unpaired) electrons. The van der Waals surface area contributed by atoms with Crippen LogP contribution < -0.4 is 9.30 Å². The minimum atomic E-state index is 0.862. The van der Waals surface area contributed by atoms with Crippen molar-refractivity contribution in [1.29, 1.82) is 0 Å². The second-order valence-electron chi connectivity index (χ2n) is 4.91. The second-order valence-corrected chi connectivity index (χ2v) is 4.91. The van der Waals surface area contributed by atoms with Gasteiger partial charge in [-0.2, -0.15) is 0 Å². The number of methoxy groups -OCH3 is 1. The predicted molar refractivity (Wildman–Crippen MR) is 82.8 cm³/mol. The molecule has 0 saturated carbocycles. The highest BCUT2D eigenvalue weighted by atomic mass is 16.5. The molecule has 0 aliphatic heterocycles. The van der Waals surface area contributed by atoms with Crippen molar-refractivity contribution < 1.29 is 9.30 Å². The van der Waals surface area contributed by atoms with Gasteiger partial charge in [-0.25, -0.2) is 4.57 Å². The van der Waals surface area contributed by atoms with Gasteiger partial charge in [0.25, 0.3) is 0 Å². The van der Waals surface area contributed by atoms with Gasteiger partial charge in [0.1, 0.15) is 12.8 Å². The summed E-state index contributed by atoms with van der Waals surface area (Å²) >= 11 is 0. The number of nitrogens with zero attached hydrogens (tertiary/aromatic N) is 2. The Hall–Kier alpha value is -2.68. The molecule has 104 valence electrons. The van der Waals surface area contributed by atoms with Gasteiger partial charge in [-0.05, 0) is 23.8 Å². The number of rotatable bonds is 3. The molecule has 0 amide bonds. The van der Waals surface area contributed by atoms with Gasteiger partial charge in [0, 0.05) is 29.5 Å². The van der Waals surface area contributed by atoms with Crippen LogP contribution in [0.25, 0.3) is 22.4 Å². The number of hydrogen-bond acceptors (Lipinski definition) is 2. The number of ether oxygens (including phenoxy) is 1. The monoisotopic (exact) mass is 277 g/mol. The molecular formula is C18H17N2O+. The van der Waals surface area contributed by atoms with E-state index in [1.54, 1.807) is 7.11 Å². The van der Waals surface area contributed by atoms with Crippen molar-refractivity contribution in [1.82, 2.24) is 4.98 Å². The minimum absolute atomic E-state index is 0.862. The first-order valence-corrected chi connectivity index (χ1v) is 6.82. The summed E-state index contributed by atoms with van der Waals surface area (Å²) in [7, 11) is 3.68. The van der Waals surface area contributed by atoms with Crippen molar-refractivity contribution >= 4 is 0 Å². The summed E-state index contributed by atoms with van der Waals surface area (Å²) in [5.74, 6) is 0.862. The predicted octanol–water partition coefficient (Wildman–Crippen LogP) is 3.25. The normalized spacial score (nSPS) is 10.4. The zero-order valence-corrected chi connectivity index (χ0v) is 12.2. The van der Waals surface area contributed by atoms with E-state index in [2.05, 4.69) is 29.2 Å². The maximum absolute atomic E-state index is 5.17. The molecule has 2 heterocycles. The minimum Gasteiger partial charge on any atom is -0.497 e. The molecule has 3 rings (SSSR count). The Kier molecular flexibility index (Phi) is 3.65. The van der Waals surface area contributed by atoms with E-state index in [0.717, 1.165) is 28.1 Å². The maximum Gasteiger partial charge on any atom is 0.169 e. The Morgan fingerprint density at radius 1 is 0.810 bits per heavy atom. The Morgan fingerprint density at radius 3 is 2.05 bits per heavy atom. The summed E-state index contributed by atoms with van der Waals surface area (Å²) in [5.41, 5.74) is 4.33. The van der Waals surface area contributed by atoms with Crippen LogP contribution in [0.15, 0.2) is 67.1 Å². The van der Waals surface area contributed by atoms with Gasteiger partial charge < -0.3 is 4.74 Å². The van der Waals surface area contributed by atoms with Crippen LogP contribution in [0.5, 0.6) is 5.75 Å². The lowest BCUT2D eigenvalue weighted by Gasteiger charge is -2.05. The summed E-state index contributed by atoms with van der Waals surface area (Å²) in [6.07, 6.45) is 5.95. The lowest BCUT2D eigenvalue weighted by molar-refractivity contribution is -0.671. The molecule has 3 heteroatoms. The van der Waals surface area contributed by atoms with Gasteiger partial charge in [0.05, 0.1) is 12.8 Å². The zero-order chi connectivity index (χ0) is 14.7. The molecule has 0 fully saturated rings. The SMILES string of the molecule is COc1ccc(-c2ccc(-c3cc[n+](C)cc3)nc2)cc1. The van der Waals surface area contributed by atoms with Crippen LogP contribution in [-0.4, -0.2) is 12.1 Å². The fourth-order valence-corrected chi connectivity index (χ4v) is 2.19. The molecule has 0 aliphatic carbocycles. The summed E-state index contributed by atoms with van der Waals surface area (Å²) in [6, 6.07) is 16.3. The van der Waals surface area contributed by atoms with Gasteiger partial charge in [-0.3, -0.25) is 4.98 Å². The third-order valence-corrected chi connectivity index (χ3v) is 3.46. The van der Waals surface area contributed by atoms with Crippen LogP contribution in [0, 0.1) is 0 Å². The largest absolute Gasteiger partial charge is 0.497 e. The molecular weight excluding hydrogens is 260 g/mol. The highest BCUT2D eigenvalue weighted by Gasteiger charge is 2.03. The van der Waals surface area contributed by atoms with Gasteiger partial charge in [-0.15, -0.1) is 0 Å². The highest BCUT2D eigenvalue weighted by molar-refractivity contribution is 5.66. The molecule has 0 aliphatic rings. The molecule has 0 saturated heterocycles. The van der Waals surface area contributed by atoms with Crippen LogP contribution in [0.4, 0.5) is 0 Å². The van der Waals surface area contributed by atoms with Crippen LogP contribution in [-0.2, 0) is 7.05 Å². The van der Waals surface area contributed by atoms with Crippen molar-refractivity contribution in [2.24, 2.45) is 7.05 Å². The molecule has 0 atom stereocenters. The average Bonchev–Trinajstić information content (AvgIpc) is 2.56. The van der Waals surface area contributed by atoms with Crippen molar-refractivity contribution in [3.63, 3.8) is 0 Å². The zero-order valence-electron chi connectivity index (χ0n) is 12.2.